The van der Waals surface area contributed by atoms with E-state index in [0.717, 1.165) is 11.3 Å². The van der Waals surface area contributed by atoms with Crippen LogP contribution in [0.3, 0.4) is 0 Å². The van der Waals surface area contributed by atoms with E-state index >= 15 is 0 Å². The van der Waals surface area contributed by atoms with Gasteiger partial charge in [0.15, 0.2) is 15.6 Å². The molecule has 0 radical (unpaired) electrons. The first kappa shape index (κ1) is 14.3. The second-order valence-corrected chi connectivity index (χ2v) is 7.76. The highest BCUT2D eigenvalue weighted by molar-refractivity contribution is 8.05. The SMILES string of the molecule is CCCC(=O)C1=C(Sc2ccccc2)CS(=O)(=O)C1. The molecular weight excluding hydrogens is 280 g/mol. The van der Waals surface area contributed by atoms with Gasteiger partial charge in [0.25, 0.3) is 0 Å². The van der Waals surface area contributed by atoms with E-state index in [1.807, 2.05) is 37.3 Å². The molecule has 0 amide bonds. The van der Waals surface area contributed by atoms with Crippen LogP contribution in [0.5, 0.6) is 0 Å². The smallest absolute Gasteiger partial charge is 0.160 e. The first-order valence-corrected chi connectivity index (χ1v) is 8.84. The van der Waals surface area contributed by atoms with E-state index in [1.165, 1.54) is 11.8 Å². The standard InChI is InChI=1S/C14H16O3S2/c1-2-6-13(15)12-9-19(16,17)10-14(12)18-11-7-4-3-5-8-11/h3-5,7-8H,2,6,9-10H2,1H3. The van der Waals surface area contributed by atoms with Crippen molar-refractivity contribution in [1.29, 1.82) is 0 Å². The summed E-state index contributed by atoms with van der Waals surface area (Å²) in [5, 5.41) is 0. The largest absolute Gasteiger partial charge is 0.294 e. The maximum absolute atomic E-state index is 12.0. The molecule has 0 bridgehead atoms. The monoisotopic (exact) mass is 296 g/mol. The summed E-state index contributed by atoms with van der Waals surface area (Å²) in [5.74, 6) is -0.125. The van der Waals surface area contributed by atoms with Crippen LogP contribution >= 0.6 is 11.8 Å². The van der Waals surface area contributed by atoms with Crippen molar-refractivity contribution in [2.45, 2.75) is 24.7 Å². The van der Waals surface area contributed by atoms with E-state index in [1.54, 1.807) is 0 Å². The molecular formula is C14H16O3S2. The third kappa shape index (κ3) is 3.70. The van der Waals surface area contributed by atoms with Crippen molar-refractivity contribution >= 4 is 27.4 Å². The minimum atomic E-state index is -3.14. The molecule has 1 aliphatic rings. The highest BCUT2D eigenvalue weighted by Crippen LogP contribution is 2.35. The van der Waals surface area contributed by atoms with E-state index in [4.69, 9.17) is 0 Å². The Bertz CT molecular complexity index is 601. The third-order valence-electron chi connectivity index (χ3n) is 2.85. The summed E-state index contributed by atoms with van der Waals surface area (Å²) in [6.07, 6.45) is 1.16. The predicted octanol–water partition coefficient (Wildman–Crippen LogP) is 2.83. The number of hydrogen-bond acceptors (Lipinski definition) is 4. The molecule has 0 saturated carbocycles. The molecule has 3 nitrogen and oxygen atoms in total. The van der Waals surface area contributed by atoms with Gasteiger partial charge in [-0.25, -0.2) is 8.42 Å². The minimum absolute atomic E-state index is 0.00263. The molecule has 0 atom stereocenters. The second-order valence-electron chi connectivity index (χ2n) is 4.52. The molecule has 1 aromatic rings. The first-order chi connectivity index (χ1) is 9.02. The van der Waals surface area contributed by atoms with Gasteiger partial charge in [0, 0.05) is 21.8 Å². The summed E-state index contributed by atoms with van der Waals surface area (Å²) < 4.78 is 23.5. The molecule has 1 heterocycles. The number of sulfone groups is 1. The fraction of sp³-hybridized carbons (Fsp3) is 0.357. The molecule has 102 valence electrons. The van der Waals surface area contributed by atoms with Crippen LogP contribution in [-0.2, 0) is 14.6 Å². The third-order valence-corrected chi connectivity index (χ3v) is 5.63. The van der Waals surface area contributed by atoms with Crippen LogP contribution < -0.4 is 0 Å². The molecule has 0 saturated heterocycles. The van der Waals surface area contributed by atoms with Gasteiger partial charge in [0.05, 0.1) is 11.5 Å². The predicted molar refractivity (Wildman–Crippen MR) is 77.9 cm³/mol. The van der Waals surface area contributed by atoms with Gasteiger partial charge in [-0.15, -0.1) is 0 Å². The van der Waals surface area contributed by atoms with Crippen molar-refractivity contribution in [2.24, 2.45) is 0 Å². The summed E-state index contributed by atoms with van der Waals surface area (Å²) in [7, 11) is -3.14. The second kappa shape index (κ2) is 5.92. The van der Waals surface area contributed by atoms with Gasteiger partial charge in [-0.1, -0.05) is 36.9 Å². The summed E-state index contributed by atoms with van der Waals surface area (Å²) >= 11 is 1.40. The van der Waals surface area contributed by atoms with Crippen molar-refractivity contribution in [3.63, 3.8) is 0 Å². The van der Waals surface area contributed by atoms with Crippen LogP contribution in [0.15, 0.2) is 45.7 Å². The van der Waals surface area contributed by atoms with Crippen LogP contribution in [0.2, 0.25) is 0 Å². The van der Waals surface area contributed by atoms with E-state index in [-0.39, 0.29) is 17.3 Å². The fourth-order valence-electron chi connectivity index (χ4n) is 1.97. The summed E-state index contributed by atoms with van der Waals surface area (Å²) in [6.45, 7) is 1.92. The van der Waals surface area contributed by atoms with Gasteiger partial charge in [0.1, 0.15) is 0 Å². The van der Waals surface area contributed by atoms with Gasteiger partial charge in [-0.2, -0.15) is 0 Å². The normalized spacial score (nSPS) is 17.7. The van der Waals surface area contributed by atoms with Crippen molar-refractivity contribution in [3.05, 3.63) is 40.8 Å². The van der Waals surface area contributed by atoms with Crippen molar-refractivity contribution in [1.82, 2.24) is 0 Å². The highest BCUT2D eigenvalue weighted by Gasteiger charge is 2.31. The number of rotatable bonds is 5. The summed E-state index contributed by atoms with van der Waals surface area (Å²) in [4.78, 5) is 13.7. The molecule has 0 aliphatic carbocycles. The molecule has 0 unspecified atom stereocenters. The topological polar surface area (TPSA) is 51.2 Å². The highest BCUT2D eigenvalue weighted by atomic mass is 32.2. The maximum Gasteiger partial charge on any atom is 0.160 e. The number of carbonyl (C=O) groups is 1. The molecule has 1 aromatic carbocycles. The number of benzene rings is 1. The van der Waals surface area contributed by atoms with Crippen molar-refractivity contribution < 1.29 is 13.2 Å². The van der Waals surface area contributed by atoms with E-state index in [9.17, 15) is 13.2 Å². The van der Waals surface area contributed by atoms with Crippen molar-refractivity contribution in [2.75, 3.05) is 11.5 Å². The average Bonchev–Trinajstić information content (AvgIpc) is 2.66. The number of Topliss-reactive ketones (excluding diaryl/α,β-unsaturated/α-hetero) is 1. The molecule has 2 rings (SSSR count). The van der Waals surface area contributed by atoms with E-state index < -0.39 is 9.84 Å². The zero-order valence-electron chi connectivity index (χ0n) is 10.8. The Balaban J connectivity index is 2.27. The number of ketones is 1. The molecule has 5 heteroatoms. The zero-order valence-corrected chi connectivity index (χ0v) is 12.4. The Labute approximate surface area is 118 Å². The Morgan fingerprint density at radius 3 is 2.53 bits per heavy atom. The van der Waals surface area contributed by atoms with E-state index in [0.29, 0.717) is 16.9 Å². The van der Waals surface area contributed by atoms with Crippen LogP contribution in [-0.4, -0.2) is 25.7 Å². The average molecular weight is 296 g/mol. The van der Waals surface area contributed by atoms with Gasteiger partial charge in [-0.3, -0.25) is 4.79 Å². The van der Waals surface area contributed by atoms with Crippen molar-refractivity contribution in [3.8, 4) is 0 Å². The number of carbonyl (C=O) groups excluding carboxylic acids is 1. The Morgan fingerprint density at radius 1 is 1.21 bits per heavy atom. The number of thioether (sulfide) groups is 1. The molecule has 0 fully saturated rings. The molecule has 0 N–H and O–H groups in total. The van der Waals surface area contributed by atoms with Crippen LogP contribution in [0.25, 0.3) is 0 Å². The van der Waals surface area contributed by atoms with Crippen LogP contribution in [0.1, 0.15) is 19.8 Å². The van der Waals surface area contributed by atoms with Crippen LogP contribution in [0, 0.1) is 0 Å². The maximum atomic E-state index is 12.0. The molecule has 0 spiro atoms. The fourth-order valence-corrected chi connectivity index (χ4v) is 5.18. The molecule has 19 heavy (non-hydrogen) atoms. The lowest BCUT2D eigenvalue weighted by molar-refractivity contribution is -0.115. The first-order valence-electron chi connectivity index (χ1n) is 6.20. The Kier molecular flexibility index (Phi) is 4.47. The lowest BCUT2D eigenvalue weighted by atomic mass is 10.1. The van der Waals surface area contributed by atoms with Gasteiger partial charge >= 0.3 is 0 Å². The number of hydrogen-bond donors (Lipinski definition) is 0. The zero-order chi connectivity index (χ0) is 13.9. The minimum Gasteiger partial charge on any atom is -0.294 e. The molecule has 0 aromatic heterocycles. The van der Waals surface area contributed by atoms with Gasteiger partial charge in [-0.05, 0) is 18.6 Å². The van der Waals surface area contributed by atoms with E-state index in [2.05, 4.69) is 0 Å². The lowest BCUT2D eigenvalue weighted by Crippen LogP contribution is -2.08. The summed E-state index contributed by atoms with van der Waals surface area (Å²) in [5.41, 5.74) is 0.496. The summed E-state index contributed by atoms with van der Waals surface area (Å²) in [6, 6.07) is 9.56. The quantitative estimate of drug-likeness (QED) is 0.838. The van der Waals surface area contributed by atoms with Gasteiger partial charge in [0.2, 0.25) is 0 Å². The lowest BCUT2D eigenvalue weighted by Gasteiger charge is -2.04. The molecule has 1 aliphatic heterocycles. The van der Waals surface area contributed by atoms with Gasteiger partial charge < -0.3 is 0 Å². The Morgan fingerprint density at radius 2 is 1.89 bits per heavy atom. The van der Waals surface area contributed by atoms with Crippen LogP contribution in [0.4, 0.5) is 0 Å². The Hall–Kier alpha value is -1.07.